The minimum absolute atomic E-state index is 0.0198. The predicted molar refractivity (Wildman–Crippen MR) is 106 cm³/mol. The number of amides is 4. The van der Waals surface area contributed by atoms with E-state index < -0.39 is 22.8 Å². The molecule has 0 fully saturated rings. The van der Waals surface area contributed by atoms with Crippen molar-refractivity contribution < 1.29 is 19.3 Å². The number of nitro benzene ring substituents is 1. The molecule has 0 saturated carbocycles. The number of urea groups is 1. The van der Waals surface area contributed by atoms with E-state index in [4.69, 9.17) is 11.6 Å². The van der Waals surface area contributed by atoms with E-state index in [0.717, 1.165) is 16.5 Å². The van der Waals surface area contributed by atoms with Gasteiger partial charge in [-0.2, -0.15) is 0 Å². The van der Waals surface area contributed by atoms with Crippen LogP contribution in [-0.4, -0.2) is 40.8 Å². The molecule has 0 aliphatic carbocycles. The number of hydrogen-bond donors (Lipinski definition) is 2. The molecule has 2 aromatic rings. The molecule has 0 atom stereocenters. The van der Waals surface area contributed by atoms with Crippen molar-refractivity contribution >= 4 is 40.8 Å². The van der Waals surface area contributed by atoms with Crippen LogP contribution in [0.1, 0.15) is 32.7 Å². The number of imide groups is 1. The highest BCUT2D eigenvalue weighted by atomic mass is 35.5. The SMILES string of the molecule is Cc1ccc(Cl)cc1NC(=O)NCCCN1C(=O)c2ccc([N+](=O)[O-])cc2C1=O. The summed E-state index contributed by atoms with van der Waals surface area (Å²) in [7, 11) is 0. The average Bonchev–Trinajstić information content (AvgIpc) is 2.92. The predicted octanol–water partition coefficient (Wildman–Crippen LogP) is 3.36. The highest BCUT2D eigenvalue weighted by molar-refractivity contribution is 6.31. The van der Waals surface area contributed by atoms with Gasteiger partial charge in [0.1, 0.15) is 0 Å². The molecule has 1 aliphatic rings. The molecule has 2 aromatic carbocycles. The maximum absolute atomic E-state index is 12.4. The monoisotopic (exact) mass is 416 g/mol. The molecule has 10 heteroatoms. The fourth-order valence-corrected chi connectivity index (χ4v) is 3.10. The van der Waals surface area contributed by atoms with Crippen LogP contribution in [0.3, 0.4) is 0 Å². The zero-order valence-corrected chi connectivity index (χ0v) is 16.2. The van der Waals surface area contributed by atoms with E-state index in [1.165, 1.54) is 12.1 Å². The number of nitro groups is 1. The van der Waals surface area contributed by atoms with E-state index in [1.54, 1.807) is 18.2 Å². The Bertz CT molecular complexity index is 1020. The summed E-state index contributed by atoms with van der Waals surface area (Å²) in [4.78, 5) is 48.0. The Labute approximate surface area is 170 Å². The van der Waals surface area contributed by atoms with Crippen LogP contribution >= 0.6 is 11.6 Å². The molecule has 0 spiro atoms. The number of rotatable bonds is 6. The van der Waals surface area contributed by atoms with Gasteiger partial charge in [0.25, 0.3) is 17.5 Å². The Balaban J connectivity index is 1.52. The van der Waals surface area contributed by atoms with E-state index >= 15 is 0 Å². The number of anilines is 1. The van der Waals surface area contributed by atoms with E-state index in [2.05, 4.69) is 10.6 Å². The molecule has 0 saturated heterocycles. The normalized spacial score (nSPS) is 12.7. The second-order valence-corrected chi connectivity index (χ2v) is 6.88. The lowest BCUT2D eigenvalue weighted by Crippen LogP contribution is -2.35. The van der Waals surface area contributed by atoms with Crippen molar-refractivity contribution in [1.82, 2.24) is 10.2 Å². The van der Waals surface area contributed by atoms with Gasteiger partial charge in [0.15, 0.2) is 0 Å². The number of benzene rings is 2. The molecule has 0 radical (unpaired) electrons. The smallest absolute Gasteiger partial charge is 0.319 e. The Morgan fingerprint density at radius 2 is 1.86 bits per heavy atom. The first-order chi connectivity index (χ1) is 13.8. The van der Waals surface area contributed by atoms with Crippen molar-refractivity contribution in [2.45, 2.75) is 13.3 Å². The van der Waals surface area contributed by atoms with Crippen LogP contribution in [0.25, 0.3) is 0 Å². The van der Waals surface area contributed by atoms with Crippen molar-refractivity contribution in [2.24, 2.45) is 0 Å². The number of carbonyl (C=O) groups excluding carboxylic acids is 3. The molecule has 2 N–H and O–H groups in total. The molecule has 0 aromatic heterocycles. The summed E-state index contributed by atoms with van der Waals surface area (Å²) < 4.78 is 0. The Hall–Kier alpha value is -3.46. The quantitative estimate of drug-likeness (QED) is 0.323. The van der Waals surface area contributed by atoms with E-state index in [0.29, 0.717) is 17.1 Å². The maximum atomic E-state index is 12.4. The highest BCUT2D eigenvalue weighted by Gasteiger charge is 2.36. The maximum Gasteiger partial charge on any atom is 0.319 e. The minimum atomic E-state index is -0.620. The minimum Gasteiger partial charge on any atom is -0.338 e. The van der Waals surface area contributed by atoms with Crippen molar-refractivity contribution in [3.63, 3.8) is 0 Å². The van der Waals surface area contributed by atoms with Crippen LogP contribution < -0.4 is 10.6 Å². The van der Waals surface area contributed by atoms with Crippen molar-refractivity contribution in [3.05, 3.63) is 68.2 Å². The number of nitrogens with zero attached hydrogens (tertiary/aromatic N) is 2. The number of nitrogens with one attached hydrogen (secondary N) is 2. The first-order valence-corrected chi connectivity index (χ1v) is 9.11. The second kappa shape index (κ2) is 8.27. The van der Waals surface area contributed by atoms with Crippen LogP contribution in [0.4, 0.5) is 16.2 Å². The lowest BCUT2D eigenvalue weighted by Gasteiger charge is -2.14. The zero-order valence-electron chi connectivity index (χ0n) is 15.4. The van der Waals surface area contributed by atoms with Gasteiger partial charge in [-0.25, -0.2) is 4.79 Å². The lowest BCUT2D eigenvalue weighted by molar-refractivity contribution is -0.384. The average molecular weight is 417 g/mol. The van der Waals surface area contributed by atoms with Gasteiger partial charge in [-0.15, -0.1) is 0 Å². The third-order valence-electron chi connectivity index (χ3n) is 4.46. The van der Waals surface area contributed by atoms with Crippen LogP contribution in [0.15, 0.2) is 36.4 Å². The molecule has 29 heavy (non-hydrogen) atoms. The zero-order chi connectivity index (χ0) is 21.1. The van der Waals surface area contributed by atoms with Crippen LogP contribution in [-0.2, 0) is 0 Å². The van der Waals surface area contributed by atoms with Crippen molar-refractivity contribution in [1.29, 1.82) is 0 Å². The van der Waals surface area contributed by atoms with Gasteiger partial charge in [0.2, 0.25) is 0 Å². The molecule has 150 valence electrons. The largest absolute Gasteiger partial charge is 0.338 e. The van der Waals surface area contributed by atoms with Gasteiger partial charge in [-0.05, 0) is 37.1 Å². The number of fused-ring (bicyclic) bond motifs is 1. The van der Waals surface area contributed by atoms with E-state index in [9.17, 15) is 24.5 Å². The number of hydrogen-bond acceptors (Lipinski definition) is 5. The number of aryl methyl sites for hydroxylation is 1. The van der Waals surface area contributed by atoms with Gasteiger partial charge in [0.05, 0.1) is 16.1 Å². The van der Waals surface area contributed by atoms with Crippen molar-refractivity contribution in [3.8, 4) is 0 Å². The summed E-state index contributed by atoms with van der Waals surface area (Å²) in [6.45, 7) is 2.13. The Morgan fingerprint density at radius 3 is 2.59 bits per heavy atom. The fraction of sp³-hybridized carbons (Fsp3) is 0.211. The topological polar surface area (TPSA) is 122 Å². The Kier molecular flexibility index (Phi) is 5.79. The lowest BCUT2D eigenvalue weighted by atomic mass is 10.1. The fourth-order valence-electron chi connectivity index (χ4n) is 2.93. The van der Waals surface area contributed by atoms with Gasteiger partial charge < -0.3 is 10.6 Å². The van der Waals surface area contributed by atoms with Crippen LogP contribution in [0, 0.1) is 17.0 Å². The first-order valence-electron chi connectivity index (χ1n) is 8.73. The third kappa shape index (κ3) is 4.35. The molecular weight excluding hydrogens is 400 g/mol. The van der Waals surface area contributed by atoms with Crippen LogP contribution in [0.2, 0.25) is 5.02 Å². The molecule has 4 amide bonds. The summed E-state index contributed by atoms with van der Waals surface area (Å²) in [6.07, 6.45) is 0.329. The van der Waals surface area contributed by atoms with Gasteiger partial charge in [-0.1, -0.05) is 17.7 Å². The van der Waals surface area contributed by atoms with E-state index in [1.807, 2.05) is 6.92 Å². The number of carbonyl (C=O) groups is 3. The second-order valence-electron chi connectivity index (χ2n) is 6.44. The third-order valence-corrected chi connectivity index (χ3v) is 4.69. The molecule has 0 unspecified atom stereocenters. The molecule has 9 nitrogen and oxygen atoms in total. The van der Waals surface area contributed by atoms with E-state index in [-0.39, 0.29) is 29.9 Å². The van der Waals surface area contributed by atoms with Crippen molar-refractivity contribution in [2.75, 3.05) is 18.4 Å². The summed E-state index contributed by atoms with van der Waals surface area (Å²) >= 11 is 5.91. The summed E-state index contributed by atoms with van der Waals surface area (Å²) in [5.74, 6) is -1.08. The number of non-ortho nitro benzene ring substituents is 1. The van der Waals surface area contributed by atoms with Gasteiger partial charge >= 0.3 is 6.03 Å². The first kappa shape index (κ1) is 20.3. The molecule has 1 aliphatic heterocycles. The summed E-state index contributed by atoms with van der Waals surface area (Å²) in [6, 6.07) is 8.28. The van der Waals surface area contributed by atoms with Crippen LogP contribution in [0.5, 0.6) is 0 Å². The highest BCUT2D eigenvalue weighted by Crippen LogP contribution is 2.26. The molecule has 3 rings (SSSR count). The summed E-state index contributed by atoms with van der Waals surface area (Å²) in [5.41, 5.74) is 1.34. The van der Waals surface area contributed by atoms with Gasteiger partial charge in [0, 0.05) is 35.9 Å². The Morgan fingerprint density at radius 1 is 1.14 bits per heavy atom. The number of halogens is 1. The summed E-state index contributed by atoms with van der Waals surface area (Å²) in [5, 5.41) is 16.7. The standard InChI is InChI=1S/C19H17ClN4O5/c1-11-3-4-12(20)9-16(11)22-19(27)21-7-2-8-23-17(25)14-6-5-13(24(28)29)10-15(14)18(23)26/h3-6,9-10H,2,7-8H2,1H3,(H2,21,22,27). The molecular formula is C19H17ClN4O5. The molecule has 0 bridgehead atoms. The molecule has 1 heterocycles. The van der Waals surface area contributed by atoms with Gasteiger partial charge in [-0.3, -0.25) is 24.6 Å².